The third-order valence-corrected chi connectivity index (χ3v) is 6.09. The van der Waals surface area contributed by atoms with Crippen LogP contribution in [0.2, 0.25) is 0 Å². The number of imidazole rings is 1. The normalized spacial score (nSPS) is 10.6. The number of pyridine rings is 1. The van der Waals surface area contributed by atoms with Crippen LogP contribution >= 0.6 is 0 Å². The van der Waals surface area contributed by atoms with Crippen LogP contribution in [0.5, 0.6) is 0 Å². The van der Waals surface area contributed by atoms with Crippen molar-refractivity contribution in [2.24, 2.45) is 0 Å². The number of aryl methyl sites for hydroxylation is 1. The highest BCUT2D eigenvalue weighted by atomic mass is 15.1. The first-order chi connectivity index (χ1) is 17.7. The summed E-state index contributed by atoms with van der Waals surface area (Å²) in [6, 6.07) is 17.2. The minimum absolute atomic E-state index is 0.514. The van der Waals surface area contributed by atoms with Gasteiger partial charge in [-0.3, -0.25) is 0 Å². The summed E-state index contributed by atoms with van der Waals surface area (Å²) >= 11 is 0. The number of nitrogens with one attached hydrogen (secondary N) is 1. The van der Waals surface area contributed by atoms with Crippen molar-refractivity contribution in [2.45, 2.75) is 93.2 Å². The molecule has 0 aliphatic carbocycles. The Balaban J connectivity index is 0.00000109. The first kappa shape index (κ1) is 29.3. The van der Waals surface area contributed by atoms with Crippen LogP contribution in [0.25, 0.3) is 21.9 Å². The molecule has 0 aliphatic heterocycles. The highest BCUT2D eigenvalue weighted by Gasteiger charge is 2.17. The molecule has 0 unspecified atom stereocenters. The molecule has 196 valence electrons. The zero-order chi connectivity index (χ0) is 26.3. The van der Waals surface area contributed by atoms with Crippen LogP contribution in [0.3, 0.4) is 0 Å². The first-order valence-corrected chi connectivity index (χ1v) is 14.0. The third kappa shape index (κ3) is 7.54. The Morgan fingerprint density at radius 1 is 0.806 bits per heavy atom. The summed E-state index contributed by atoms with van der Waals surface area (Å²) in [5.41, 5.74) is 11.8. The Morgan fingerprint density at radius 2 is 1.47 bits per heavy atom. The molecule has 0 saturated heterocycles. The van der Waals surface area contributed by atoms with E-state index in [2.05, 4.69) is 65.1 Å². The summed E-state index contributed by atoms with van der Waals surface area (Å²) in [7, 11) is 0. The van der Waals surface area contributed by atoms with Gasteiger partial charge in [0.15, 0.2) is 5.82 Å². The molecule has 0 atom stereocenters. The summed E-state index contributed by atoms with van der Waals surface area (Å²) < 4.78 is 2.35. The lowest BCUT2D eigenvalue weighted by Crippen LogP contribution is -2.14. The number of fused-ring (bicyclic) bond motifs is 3. The van der Waals surface area contributed by atoms with E-state index in [4.69, 9.17) is 10.7 Å². The second kappa shape index (κ2) is 15.9. The monoisotopic (exact) mass is 489 g/mol. The highest BCUT2D eigenvalue weighted by molar-refractivity contribution is 6.06. The summed E-state index contributed by atoms with van der Waals surface area (Å²) in [4.78, 5) is 9.54. The Bertz CT molecular complexity index is 1160. The molecule has 5 nitrogen and oxygen atoms in total. The van der Waals surface area contributed by atoms with Crippen molar-refractivity contribution in [3.05, 3.63) is 65.5 Å². The summed E-state index contributed by atoms with van der Waals surface area (Å²) in [5.74, 6) is 1.60. The van der Waals surface area contributed by atoms with Gasteiger partial charge in [-0.1, -0.05) is 103 Å². The highest BCUT2D eigenvalue weighted by Crippen LogP contribution is 2.30. The number of hydrogen-bond acceptors (Lipinski definition) is 4. The molecule has 0 spiro atoms. The van der Waals surface area contributed by atoms with Gasteiger partial charge >= 0.3 is 0 Å². The van der Waals surface area contributed by atoms with E-state index >= 15 is 0 Å². The number of rotatable bonds is 11. The van der Waals surface area contributed by atoms with Crippen molar-refractivity contribution in [3.8, 4) is 0 Å². The smallest absolute Gasteiger partial charge is 0.152 e. The van der Waals surface area contributed by atoms with Crippen LogP contribution in [0.15, 0.2) is 48.5 Å². The molecule has 0 aliphatic rings. The van der Waals surface area contributed by atoms with Gasteiger partial charge in [0.05, 0.1) is 11.0 Å². The Labute approximate surface area is 218 Å². The van der Waals surface area contributed by atoms with E-state index in [-0.39, 0.29) is 0 Å². The van der Waals surface area contributed by atoms with Gasteiger partial charge in [0.2, 0.25) is 0 Å². The van der Waals surface area contributed by atoms with Gasteiger partial charge in [0.1, 0.15) is 11.3 Å². The van der Waals surface area contributed by atoms with Gasteiger partial charge in [-0.25, -0.2) is 9.97 Å². The van der Waals surface area contributed by atoms with Gasteiger partial charge in [-0.05, 0) is 36.6 Å². The first-order valence-electron chi connectivity index (χ1n) is 14.0. The number of unbranched alkanes of at least 4 members (excludes halogenated alkanes) is 3. The van der Waals surface area contributed by atoms with Crippen LogP contribution in [0.1, 0.15) is 90.6 Å². The molecule has 0 saturated carbocycles. The number of aromatic nitrogens is 3. The number of benzene rings is 2. The fourth-order valence-corrected chi connectivity index (χ4v) is 4.28. The second-order valence-corrected chi connectivity index (χ2v) is 8.63. The fourth-order valence-electron chi connectivity index (χ4n) is 4.28. The molecule has 0 fully saturated rings. The molecule has 4 aromatic rings. The molecule has 3 N–H and O–H groups in total. The van der Waals surface area contributed by atoms with Crippen molar-refractivity contribution in [3.63, 3.8) is 0 Å². The van der Waals surface area contributed by atoms with Gasteiger partial charge < -0.3 is 15.6 Å². The molecule has 2 aromatic heterocycles. The summed E-state index contributed by atoms with van der Waals surface area (Å²) in [5, 5.41) is 4.66. The standard InChI is InChI=1S/C27H35N5.2C2H6/c1-3-5-9-17-29-18-20-13-15-21(16-14-20)19-32-24(12-6-4-2)31-25-26(32)22-10-7-8-11-23(22)30-27(25)28;2*1-2/h7-8,10-11,13-16,29H,3-6,9,12,17-19H2,1-2H3,(H2,28,30);2*1-2H3. The number of anilines is 1. The zero-order valence-electron chi connectivity index (χ0n) is 23.4. The minimum atomic E-state index is 0.514. The number of nitrogen functional groups attached to an aromatic ring is 1. The average molecular weight is 490 g/mol. The quantitative estimate of drug-likeness (QED) is 0.210. The molecular weight excluding hydrogens is 442 g/mol. The van der Waals surface area contributed by atoms with Crippen molar-refractivity contribution >= 4 is 27.8 Å². The van der Waals surface area contributed by atoms with Crippen LogP contribution < -0.4 is 11.1 Å². The maximum Gasteiger partial charge on any atom is 0.152 e. The molecule has 0 radical (unpaired) electrons. The molecule has 36 heavy (non-hydrogen) atoms. The lowest BCUT2D eigenvalue weighted by Gasteiger charge is -2.12. The van der Waals surface area contributed by atoms with Crippen molar-refractivity contribution in [2.75, 3.05) is 12.3 Å². The predicted octanol–water partition coefficient (Wildman–Crippen LogP) is 7.89. The lowest BCUT2D eigenvalue weighted by molar-refractivity contribution is 0.616. The van der Waals surface area contributed by atoms with Gasteiger partial charge in [-0.2, -0.15) is 0 Å². The van der Waals surface area contributed by atoms with Crippen LogP contribution in [0.4, 0.5) is 5.82 Å². The van der Waals surface area contributed by atoms with E-state index in [1.165, 1.54) is 30.4 Å². The van der Waals surface area contributed by atoms with Crippen molar-refractivity contribution < 1.29 is 0 Å². The SMILES string of the molecule is CC.CC.CCCCCNCc1ccc(Cn2c(CCCC)nc3c(N)nc4ccccc4c32)cc1. The Kier molecular flexibility index (Phi) is 13.0. The number of hydrogen-bond donors (Lipinski definition) is 2. The van der Waals surface area contributed by atoms with E-state index in [0.29, 0.717) is 5.82 Å². The Hall–Kier alpha value is -2.92. The van der Waals surface area contributed by atoms with Crippen LogP contribution in [0, 0.1) is 0 Å². The number of nitrogens with zero attached hydrogens (tertiary/aromatic N) is 3. The molecule has 0 bridgehead atoms. The topological polar surface area (TPSA) is 68.8 Å². The number of nitrogens with two attached hydrogens (primary N) is 1. The molecule has 2 heterocycles. The maximum atomic E-state index is 6.33. The molecule has 5 heteroatoms. The van der Waals surface area contributed by atoms with Gasteiger partial charge in [0, 0.05) is 24.9 Å². The average Bonchev–Trinajstić information content (AvgIpc) is 3.29. The van der Waals surface area contributed by atoms with E-state index < -0.39 is 0 Å². The third-order valence-electron chi connectivity index (χ3n) is 6.09. The van der Waals surface area contributed by atoms with E-state index in [0.717, 1.165) is 66.7 Å². The zero-order valence-corrected chi connectivity index (χ0v) is 23.4. The fraction of sp³-hybridized carbons (Fsp3) is 0.484. The molecule has 2 aromatic carbocycles. The van der Waals surface area contributed by atoms with Crippen molar-refractivity contribution in [1.82, 2.24) is 19.9 Å². The summed E-state index contributed by atoms with van der Waals surface area (Å²) in [6.45, 7) is 15.2. The number of para-hydroxylation sites is 1. The lowest BCUT2D eigenvalue weighted by atomic mass is 10.1. The van der Waals surface area contributed by atoms with Crippen LogP contribution in [-0.2, 0) is 19.5 Å². The Morgan fingerprint density at radius 3 is 2.17 bits per heavy atom. The molecular formula is C31H47N5. The molecule has 4 rings (SSSR count). The summed E-state index contributed by atoms with van der Waals surface area (Å²) in [6.07, 6.45) is 6.98. The second-order valence-electron chi connectivity index (χ2n) is 8.63. The van der Waals surface area contributed by atoms with Gasteiger partial charge in [0.25, 0.3) is 0 Å². The van der Waals surface area contributed by atoms with Gasteiger partial charge in [-0.15, -0.1) is 0 Å². The van der Waals surface area contributed by atoms with E-state index in [1.54, 1.807) is 0 Å². The molecule has 0 amide bonds. The van der Waals surface area contributed by atoms with Crippen LogP contribution in [-0.4, -0.2) is 21.1 Å². The van der Waals surface area contributed by atoms with E-state index in [1.807, 2.05) is 39.8 Å². The minimum Gasteiger partial charge on any atom is -0.382 e. The van der Waals surface area contributed by atoms with E-state index in [9.17, 15) is 0 Å². The van der Waals surface area contributed by atoms with Crippen molar-refractivity contribution in [1.29, 1.82) is 0 Å². The largest absolute Gasteiger partial charge is 0.382 e. The predicted molar refractivity (Wildman–Crippen MR) is 158 cm³/mol. The maximum absolute atomic E-state index is 6.33.